The summed E-state index contributed by atoms with van der Waals surface area (Å²) in [6.07, 6.45) is 0. The third kappa shape index (κ3) is 6.73. The van der Waals surface area contributed by atoms with Crippen LogP contribution in [0.2, 0.25) is 0 Å². The van der Waals surface area contributed by atoms with Crippen molar-refractivity contribution in [3.8, 4) is 17.2 Å². The maximum absolute atomic E-state index is 14.7. The zero-order chi connectivity index (χ0) is 33.8. The number of thioether (sulfide) groups is 1. The van der Waals surface area contributed by atoms with E-state index in [4.69, 9.17) is 14.2 Å². The molecule has 244 valence electrons. The molecule has 0 aliphatic carbocycles. The highest BCUT2D eigenvalue weighted by Gasteiger charge is 2.48. The molecule has 1 atom stereocenters. The number of carbonyl (C=O) groups is 2. The van der Waals surface area contributed by atoms with Crippen LogP contribution in [0.4, 0.5) is 13.9 Å². The zero-order valence-corrected chi connectivity index (χ0v) is 27.2. The van der Waals surface area contributed by atoms with E-state index in [0.29, 0.717) is 27.2 Å². The van der Waals surface area contributed by atoms with Crippen molar-refractivity contribution in [3.63, 3.8) is 0 Å². The second-order valence-electron chi connectivity index (χ2n) is 10.5. The first kappa shape index (κ1) is 32.7. The lowest BCUT2D eigenvalue weighted by Crippen LogP contribution is -2.29. The van der Waals surface area contributed by atoms with Gasteiger partial charge in [0.05, 0.1) is 25.8 Å². The number of hydrogen-bond donors (Lipinski definition) is 1. The van der Waals surface area contributed by atoms with Gasteiger partial charge in [-0.25, -0.2) is 8.78 Å². The smallest absolute Gasteiger partial charge is 0.301 e. The van der Waals surface area contributed by atoms with Crippen LogP contribution in [0.1, 0.15) is 28.3 Å². The molecule has 1 amide bonds. The lowest BCUT2D eigenvalue weighted by Gasteiger charge is -2.23. The molecule has 1 aliphatic heterocycles. The minimum absolute atomic E-state index is 0.0288. The van der Waals surface area contributed by atoms with Crippen LogP contribution in [0.5, 0.6) is 17.2 Å². The van der Waals surface area contributed by atoms with Crippen molar-refractivity contribution >= 4 is 45.7 Å². The Balaban J connectivity index is 1.39. The fourth-order valence-electron chi connectivity index (χ4n) is 5.11. The van der Waals surface area contributed by atoms with E-state index in [0.717, 1.165) is 33.4 Å². The molecule has 0 bridgehead atoms. The number of amides is 1. The topological polar surface area (TPSA) is 111 Å². The van der Waals surface area contributed by atoms with E-state index in [1.165, 1.54) is 50.2 Å². The van der Waals surface area contributed by atoms with Crippen LogP contribution in [0, 0.1) is 11.6 Å². The maximum atomic E-state index is 14.7. The van der Waals surface area contributed by atoms with Gasteiger partial charge in [-0.2, -0.15) is 0 Å². The summed E-state index contributed by atoms with van der Waals surface area (Å²) in [6.45, 7) is 0.265. The van der Waals surface area contributed by atoms with Gasteiger partial charge in [0.15, 0.2) is 27.4 Å². The number of rotatable bonds is 11. The largest absolute Gasteiger partial charge is 0.507 e. The van der Waals surface area contributed by atoms with Crippen LogP contribution in [-0.4, -0.2) is 41.2 Å². The first-order valence-electron chi connectivity index (χ1n) is 14.5. The van der Waals surface area contributed by atoms with Crippen LogP contribution in [0.25, 0.3) is 5.76 Å². The van der Waals surface area contributed by atoms with Crippen LogP contribution < -0.4 is 19.1 Å². The monoisotopic (exact) mass is 687 g/mol. The van der Waals surface area contributed by atoms with E-state index < -0.39 is 29.3 Å². The number of Topliss-reactive ketones (excluding diaryl/α,β-unsaturated/α-hetero) is 1. The number of halogens is 2. The summed E-state index contributed by atoms with van der Waals surface area (Å²) in [5.41, 5.74) is 1.88. The molecule has 6 rings (SSSR count). The highest BCUT2D eigenvalue weighted by molar-refractivity contribution is 8.00. The molecule has 2 heterocycles. The van der Waals surface area contributed by atoms with Crippen LogP contribution in [0.15, 0.2) is 101 Å². The Labute approximate surface area is 282 Å². The summed E-state index contributed by atoms with van der Waals surface area (Å²) < 4.78 is 45.2. The third-order valence-electron chi connectivity index (χ3n) is 7.49. The highest BCUT2D eigenvalue weighted by Crippen LogP contribution is 2.46. The summed E-state index contributed by atoms with van der Waals surface area (Å²) in [7, 11) is 2.76. The number of methoxy groups -OCH3 is 2. The van der Waals surface area contributed by atoms with Gasteiger partial charge in [0.1, 0.15) is 18.2 Å². The Bertz CT molecular complexity index is 2000. The van der Waals surface area contributed by atoms with Crippen LogP contribution in [-0.2, 0) is 21.9 Å². The highest BCUT2D eigenvalue weighted by atomic mass is 32.2. The Morgan fingerprint density at radius 3 is 2.31 bits per heavy atom. The fourth-order valence-corrected chi connectivity index (χ4v) is 6.93. The number of aliphatic hydroxyl groups is 1. The van der Waals surface area contributed by atoms with Crippen molar-refractivity contribution in [2.45, 2.75) is 22.7 Å². The molecular weight excluding hydrogens is 661 g/mol. The lowest BCUT2D eigenvalue weighted by molar-refractivity contribution is -0.132. The minimum atomic E-state index is -1.19. The average Bonchev–Trinajstić information content (AvgIpc) is 3.68. The zero-order valence-electron chi connectivity index (χ0n) is 25.6. The SMILES string of the molecule is COc1ccc(C(O)=C2C(=O)C(=O)N(c3nnc(SCc4ccc(F)cc4)s3)[C@H]2c2ccc(OCc3ccccc3)c(OC)c2)cc1F. The predicted octanol–water partition coefficient (Wildman–Crippen LogP) is 7.33. The van der Waals surface area contributed by atoms with E-state index >= 15 is 0 Å². The minimum Gasteiger partial charge on any atom is -0.507 e. The summed E-state index contributed by atoms with van der Waals surface area (Å²) >= 11 is 2.40. The van der Waals surface area contributed by atoms with Gasteiger partial charge in [-0.1, -0.05) is 71.6 Å². The number of benzene rings is 4. The fraction of sp³-hybridized carbons (Fsp3) is 0.143. The van der Waals surface area contributed by atoms with E-state index in [1.54, 1.807) is 30.3 Å². The molecular formula is C35H27F2N3O6S2. The number of aliphatic hydroxyl groups excluding tert-OH is 1. The molecule has 9 nitrogen and oxygen atoms in total. The van der Waals surface area contributed by atoms with Crippen LogP contribution >= 0.6 is 23.1 Å². The van der Waals surface area contributed by atoms with Crippen LogP contribution in [0.3, 0.4) is 0 Å². The molecule has 1 N–H and O–H groups in total. The first-order chi connectivity index (χ1) is 23.3. The number of anilines is 1. The summed E-state index contributed by atoms with van der Waals surface area (Å²) in [5, 5.41) is 20.0. The van der Waals surface area contributed by atoms with Gasteiger partial charge in [-0.15, -0.1) is 10.2 Å². The predicted molar refractivity (Wildman–Crippen MR) is 177 cm³/mol. The van der Waals surface area contributed by atoms with Gasteiger partial charge in [0.25, 0.3) is 5.78 Å². The van der Waals surface area contributed by atoms with Crippen molar-refractivity contribution in [1.29, 1.82) is 0 Å². The van der Waals surface area contributed by atoms with E-state index in [9.17, 15) is 23.5 Å². The van der Waals surface area contributed by atoms with Gasteiger partial charge in [-0.05, 0) is 59.2 Å². The Morgan fingerprint density at radius 2 is 1.60 bits per heavy atom. The number of hydrogen-bond acceptors (Lipinski definition) is 10. The number of ether oxygens (including phenoxy) is 3. The molecule has 1 aromatic heterocycles. The average molecular weight is 688 g/mol. The Hall–Kier alpha value is -5.27. The van der Waals surface area contributed by atoms with Crippen molar-refractivity contribution < 1.29 is 37.7 Å². The molecule has 1 fully saturated rings. The van der Waals surface area contributed by atoms with Crippen molar-refractivity contribution in [3.05, 3.63) is 130 Å². The Morgan fingerprint density at radius 1 is 0.875 bits per heavy atom. The summed E-state index contributed by atoms with van der Waals surface area (Å²) in [6, 6.07) is 23.0. The normalized spacial score (nSPS) is 15.5. The molecule has 13 heteroatoms. The van der Waals surface area contributed by atoms with E-state index in [2.05, 4.69) is 10.2 Å². The van der Waals surface area contributed by atoms with Gasteiger partial charge in [0, 0.05) is 11.3 Å². The molecule has 0 radical (unpaired) electrons. The van der Waals surface area contributed by atoms with E-state index in [1.807, 2.05) is 30.3 Å². The molecule has 4 aromatic carbocycles. The quantitative estimate of drug-likeness (QED) is 0.0502. The van der Waals surface area contributed by atoms with Crippen molar-refractivity contribution in [2.75, 3.05) is 19.1 Å². The van der Waals surface area contributed by atoms with Crippen molar-refractivity contribution in [1.82, 2.24) is 10.2 Å². The molecule has 1 saturated heterocycles. The summed E-state index contributed by atoms with van der Waals surface area (Å²) in [4.78, 5) is 28.5. The molecule has 0 saturated carbocycles. The number of aromatic nitrogens is 2. The van der Waals surface area contributed by atoms with E-state index in [-0.39, 0.29) is 34.4 Å². The maximum Gasteiger partial charge on any atom is 0.301 e. The van der Waals surface area contributed by atoms with Gasteiger partial charge in [0.2, 0.25) is 5.13 Å². The first-order valence-corrected chi connectivity index (χ1v) is 16.3. The molecule has 0 spiro atoms. The Kier molecular flexibility index (Phi) is 9.69. The standard InChI is InChI=1S/C35H27F2N3O6S2/c1-44-26-14-11-23(16-25(26)37)31(41)29-30(22-10-15-27(28(17-22)45-2)46-18-20-6-4-3-5-7-20)40(33(43)32(29)42)34-38-39-35(48-34)47-19-21-8-12-24(36)13-9-21/h3-17,30,41H,18-19H2,1-2H3/t30-/m0/s1. The molecule has 48 heavy (non-hydrogen) atoms. The second kappa shape index (κ2) is 14.2. The van der Waals surface area contributed by atoms with Crippen molar-refractivity contribution in [2.24, 2.45) is 0 Å². The molecule has 1 aliphatic rings. The lowest BCUT2D eigenvalue weighted by atomic mass is 9.95. The van der Waals surface area contributed by atoms with Gasteiger partial charge in [-0.3, -0.25) is 14.5 Å². The number of carbonyl (C=O) groups excluding carboxylic acids is 2. The second-order valence-corrected chi connectivity index (χ2v) is 12.6. The third-order valence-corrected chi connectivity index (χ3v) is 9.61. The molecule has 0 unspecified atom stereocenters. The van der Waals surface area contributed by atoms with Gasteiger partial charge >= 0.3 is 5.91 Å². The molecule has 5 aromatic rings. The number of ketones is 1. The number of nitrogens with zero attached hydrogens (tertiary/aromatic N) is 3. The van der Waals surface area contributed by atoms with Gasteiger partial charge < -0.3 is 19.3 Å². The summed E-state index contributed by atoms with van der Waals surface area (Å²) in [5.74, 6) is -2.50.